The van der Waals surface area contributed by atoms with Gasteiger partial charge < -0.3 is 25.6 Å². The third-order valence-corrected chi connectivity index (χ3v) is 16.8. The maximum Gasteiger partial charge on any atom is 0.307 e. The molecule has 1 aromatic heterocycles. The molecule has 0 aromatic carbocycles. The molecule has 1 amide bonds. The lowest BCUT2D eigenvalue weighted by Gasteiger charge is -2.71. The highest BCUT2D eigenvalue weighted by Crippen LogP contribution is 2.75. The summed E-state index contributed by atoms with van der Waals surface area (Å²) in [5.74, 6) is 0.159. The summed E-state index contributed by atoms with van der Waals surface area (Å²) in [6, 6.07) is -0.282. The molecule has 2 heterocycles. The van der Waals surface area contributed by atoms with Crippen LogP contribution in [0.2, 0.25) is 0 Å². The number of aliphatic carboxylic acids is 1. The van der Waals surface area contributed by atoms with E-state index in [-0.39, 0.29) is 57.5 Å². The van der Waals surface area contributed by atoms with Gasteiger partial charge in [-0.3, -0.25) is 9.59 Å². The second kappa shape index (κ2) is 12.9. The van der Waals surface area contributed by atoms with Gasteiger partial charge in [0.15, 0.2) is 0 Å². The number of carboxylic acid groups (broad SMARTS) is 1. The Bertz CT molecular complexity index is 1580. The molecule has 5 aliphatic rings. The maximum atomic E-state index is 13.5. The number of allylic oxidation sites excluding steroid dienone is 1. The number of nitrogens with zero attached hydrogens (tertiary/aromatic N) is 3. The summed E-state index contributed by atoms with van der Waals surface area (Å²) < 4.78 is 15.7. The van der Waals surface area contributed by atoms with E-state index >= 15 is 0 Å². The van der Waals surface area contributed by atoms with Crippen molar-refractivity contribution in [1.82, 2.24) is 20.1 Å². The molecular weight excluding hydrogens is 654 g/mol. The van der Waals surface area contributed by atoms with Crippen LogP contribution in [0.4, 0.5) is 0 Å². The number of fused-ring (bicyclic) bond motifs is 3. The average Bonchev–Trinajstić information content (AvgIpc) is 3.53. The summed E-state index contributed by atoms with van der Waals surface area (Å²) in [6.07, 6.45) is 9.00. The number of amides is 1. The zero-order valence-corrected chi connectivity index (χ0v) is 34.3. The van der Waals surface area contributed by atoms with Gasteiger partial charge in [-0.1, -0.05) is 80.9 Å². The molecule has 4 N–H and O–H groups in total. The van der Waals surface area contributed by atoms with Gasteiger partial charge in [-0.05, 0) is 97.7 Å². The highest BCUT2D eigenvalue weighted by Gasteiger charge is 2.72. The van der Waals surface area contributed by atoms with Crippen molar-refractivity contribution in [2.75, 3.05) is 26.4 Å². The van der Waals surface area contributed by atoms with Crippen LogP contribution in [0.5, 0.6) is 0 Å². The lowest BCUT2D eigenvalue weighted by molar-refractivity contribution is -0.253. The summed E-state index contributed by atoms with van der Waals surface area (Å²) in [7, 11) is 0. The van der Waals surface area contributed by atoms with Gasteiger partial charge in [-0.15, -0.1) is 0 Å². The summed E-state index contributed by atoms with van der Waals surface area (Å²) in [5, 5.41) is 18.8. The van der Waals surface area contributed by atoms with Crippen molar-refractivity contribution < 1.29 is 24.2 Å². The third-order valence-electron chi connectivity index (χ3n) is 16.8. The van der Waals surface area contributed by atoms with Crippen LogP contribution in [0.1, 0.15) is 138 Å². The Hall–Kier alpha value is -2.30. The Morgan fingerprint density at radius 1 is 1.10 bits per heavy atom. The van der Waals surface area contributed by atoms with Crippen LogP contribution >= 0.6 is 0 Å². The number of carbonyl (C=O) groups excluding carboxylic acids is 1. The van der Waals surface area contributed by atoms with Gasteiger partial charge in [0, 0.05) is 22.9 Å². The molecule has 4 aliphatic carbocycles. The predicted molar refractivity (Wildman–Crippen MR) is 202 cm³/mol. The number of nitrogens with two attached hydrogens (primary N) is 1. The molecule has 10 heteroatoms. The van der Waals surface area contributed by atoms with E-state index < -0.39 is 28.3 Å². The minimum Gasteiger partial charge on any atom is -0.481 e. The van der Waals surface area contributed by atoms with Crippen molar-refractivity contribution in [3.63, 3.8) is 0 Å². The van der Waals surface area contributed by atoms with Crippen LogP contribution in [-0.2, 0) is 14.3 Å². The van der Waals surface area contributed by atoms with Crippen LogP contribution in [0.3, 0.4) is 0 Å². The van der Waals surface area contributed by atoms with Crippen molar-refractivity contribution in [3.8, 4) is 0 Å². The zero-order valence-electron chi connectivity index (χ0n) is 34.3. The van der Waals surface area contributed by atoms with Crippen molar-refractivity contribution in [2.24, 2.45) is 67.8 Å². The van der Waals surface area contributed by atoms with E-state index in [0.29, 0.717) is 44.5 Å². The largest absolute Gasteiger partial charge is 0.481 e. The molecular formula is C42H69N5O5. The summed E-state index contributed by atoms with van der Waals surface area (Å²) in [5.41, 5.74) is 6.00. The van der Waals surface area contributed by atoms with Crippen LogP contribution in [0.15, 0.2) is 18.0 Å². The fourth-order valence-corrected chi connectivity index (χ4v) is 12.5. The van der Waals surface area contributed by atoms with Crippen LogP contribution < -0.4 is 11.1 Å². The Morgan fingerprint density at radius 3 is 2.40 bits per heavy atom. The summed E-state index contributed by atoms with van der Waals surface area (Å²) in [4.78, 5) is 31.5. The number of ether oxygens (including phenoxy) is 2. The molecule has 6 rings (SSSR count). The van der Waals surface area contributed by atoms with Crippen molar-refractivity contribution in [2.45, 2.75) is 139 Å². The monoisotopic (exact) mass is 724 g/mol. The minimum absolute atomic E-state index is 0.194. The standard InChI is InChI=1S/C42H69N5O5/c1-13-44-34(48)33-45-24-46-47(33)29-20-42-23-51-21-38(9,32(29)52-22-41(12,43)36(5,6)7)30(42)15-14-27-28(42)16-17-40(11)31(35(49)50)37(8,26(4)25(2)3)18-19-39(27,40)10/h16,24-27,29-32H,13-15,17-23,43H2,1-12H3,(H,44,48)(H,49,50)/t26-,27+,29-,30+,31-,32+,37-,38-,39-,40+,41+,42+/m1/s1. The van der Waals surface area contributed by atoms with E-state index in [0.717, 1.165) is 32.1 Å². The predicted octanol–water partition coefficient (Wildman–Crippen LogP) is 7.31. The molecule has 4 fully saturated rings. The first kappa shape index (κ1) is 39.4. The number of nitrogens with one attached hydrogen (secondary N) is 1. The van der Waals surface area contributed by atoms with E-state index in [1.165, 1.54) is 11.9 Å². The molecule has 52 heavy (non-hydrogen) atoms. The molecule has 12 atom stereocenters. The SMILES string of the molecule is CCNC(=O)c1ncnn1[C@@H]1C[C@@]23COC[C@](C)([C@@H]2CC[C@H]2C3=CC[C@@]3(C)[C@H](C(=O)O)[C@@](C)([C@H](C)C(C)C)CC[C@]23C)[C@H]1OC[C@](C)(N)C(C)(C)C. The molecule has 292 valence electrons. The number of hydrogen-bond donors (Lipinski definition) is 3. The van der Waals surface area contributed by atoms with Gasteiger partial charge in [0.2, 0.25) is 5.82 Å². The summed E-state index contributed by atoms with van der Waals surface area (Å²) >= 11 is 0. The van der Waals surface area contributed by atoms with Crippen LogP contribution in [-0.4, -0.2) is 69.8 Å². The second-order valence-electron chi connectivity index (χ2n) is 20.4. The van der Waals surface area contributed by atoms with Gasteiger partial charge in [0.05, 0.1) is 37.9 Å². The minimum atomic E-state index is -0.648. The fourth-order valence-electron chi connectivity index (χ4n) is 12.5. The van der Waals surface area contributed by atoms with Crippen molar-refractivity contribution in [1.29, 1.82) is 0 Å². The normalized spacial score (nSPS) is 41.9. The smallest absolute Gasteiger partial charge is 0.307 e. The van der Waals surface area contributed by atoms with E-state index in [1.54, 1.807) is 0 Å². The van der Waals surface area contributed by atoms with E-state index in [4.69, 9.17) is 20.3 Å². The van der Waals surface area contributed by atoms with Crippen molar-refractivity contribution in [3.05, 3.63) is 23.8 Å². The van der Waals surface area contributed by atoms with Crippen LogP contribution in [0.25, 0.3) is 0 Å². The van der Waals surface area contributed by atoms with Gasteiger partial charge in [-0.25, -0.2) is 9.67 Å². The summed E-state index contributed by atoms with van der Waals surface area (Å²) in [6.45, 7) is 28.4. The first-order chi connectivity index (χ1) is 24.1. The topological polar surface area (TPSA) is 142 Å². The Labute approximate surface area is 312 Å². The van der Waals surface area contributed by atoms with Gasteiger partial charge >= 0.3 is 5.97 Å². The maximum absolute atomic E-state index is 13.5. The lowest BCUT2D eigenvalue weighted by atomic mass is 9.34. The molecule has 2 bridgehead atoms. The molecule has 1 aliphatic heterocycles. The van der Waals surface area contributed by atoms with Crippen LogP contribution in [0, 0.1) is 62.1 Å². The van der Waals surface area contributed by atoms with Gasteiger partial charge in [-0.2, -0.15) is 5.10 Å². The molecule has 1 saturated heterocycles. The quantitative estimate of drug-likeness (QED) is 0.225. The first-order valence-electron chi connectivity index (χ1n) is 20.1. The van der Waals surface area contributed by atoms with Gasteiger partial charge in [0.25, 0.3) is 5.91 Å². The Kier molecular flexibility index (Phi) is 9.77. The molecule has 3 saturated carbocycles. The zero-order chi connectivity index (χ0) is 38.4. The third kappa shape index (κ3) is 5.49. The Morgan fingerprint density at radius 2 is 1.79 bits per heavy atom. The number of hydrogen-bond acceptors (Lipinski definition) is 7. The lowest BCUT2D eigenvalue weighted by Crippen LogP contribution is -2.69. The molecule has 0 spiro atoms. The van der Waals surface area contributed by atoms with Crippen molar-refractivity contribution >= 4 is 11.9 Å². The van der Waals surface area contributed by atoms with E-state index in [2.05, 4.69) is 92.5 Å². The number of aromatic nitrogens is 3. The molecule has 0 radical (unpaired) electrons. The molecule has 1 aromatic rings. The second-order valence-corrected chi connectivity index (χ2v) is 20.4. The fraction of sp³-hybridized carbons (Fsp3) is 0.857. The molecule has 0 unspecified atom stereocenters. The van der Waals surface area contributed by atoms with E-state index in [1.807, 2.05) is 11.6 Å². The average molecular weight is 724 g/mol. The van der Waals surface area contributed by atoms with Gasteiger partial charge in [0.1, 0.15) is 6.33 Å². The molecule has 10 nitrogen and oxygen atoms in total. The number of carboxylic acids is 1. The Balaban J connectivity index is 1.48. The highest BCUT2D eigenvalue weighted by molar-refractivity contribution is 5.90. The first-order valence-corrected chi connectivity index (χ1v) is 20.1. The highest BCUT2D eigenvalue weighted by atomic mass is 16.5. The number of rotatable bonds is 9. The van der Waals surface area contributed by atoms with E-state index in [9.17, 15) is 14.7 Å². The number of carbonyl (C=O) groups is 2.